The second-order valence-corrected chi connectivity index (χ2v) is 5.30. The van der Waals surface area contributed by atoms with Gasteiger partial charge in [0.2, 0.25) is 5.91 Å². The quantitative estimate of drug-likeness (QED) is 0.648. The molecule has 0 aromatic carbocycles. The number of fused-ring (bicyclic) bond motifs is 2. The van der Waals surface area contributed by atoms with Crippen molar-refractivity contribution in [1.29, 1.82) is 0 Å². The largest absolute Gasteiger partial charge is 0.369 e. The molecule has 1 amide bonds. The molecule has 2 aliphatic carbocycles. The number of carbonyl (C=O) groups excluding carboxylic acids is 1. The second kappa shape index (κ2) is 2.88. The molecule has 4 atom stereocenters. The van der Waals surface area contributed by atoms with E-state index in [9.17, 15) is 4.79 Å². The van der Waals surface area contributed by atoms with Crippen LogP contribution in [0.1, 0.15) is 32.6 Å². The molecule has 0 radical (unpaired) electrons. The Kier molecular flexibility index (Phi) is 2.06. The van der Waals surface area contributed by atoms with Gasteiger partial charge in [0.15, 0.2) is 0 Å². The minimum atomic E-state index is -0.152. The zero-order chi connectivity index (χ0) is 9.64. The van der Waals surface area contributed by atoms with Crippen molar-refractivity contribution in [3.05, 3.63) is 0 Å². The van der Waals surface area contributed by atoms with Crippen LogP contribution in [0.3, 0.4) is 0 Å². The van der Waals surface area contributed by atoms with Crippen LogP contribution in [0.25, 0.3) is 0 Å². The van der Waals surface area contributed by atoms with E-state index in [1.165, 1.54) is 6.42 Å². The van der Waals surface area contributed by atoms with Gasteiger partial charge in [-0.2, -0.15) is 0 Å². The number of nitrogens with two attached hydrogens (primary N) is 1. The van der Waals surface area contributed by atoms with Gasteiger partial charge in [-0.05, 0) is 30.6 Å². The molecule has 2 N–H and O–H groups in total. The molecule has 0 aromatic rings. The van der Waals surface area contributed by atoms with E-state index >= 15 is 0 Å². The Morgan fingerprint density at radius 1 is 1.62 bits per heavy atom. The maximum atomic E-state index is 11.2. The summed E-state index contributed by atoms with van der Waals surface area (Å²) in [5.74, 6) is 0.231. The van der Waals surface area contributed by atoms with E-state index in [1.54, 1.807) is 0 Å². The molecule has 2 aliphatic rings. The van der Waals surface area contributed by atoms with Gasteiger partial charge >= 0.3 is 0 Å². The Hall–Kier alpha value is -0.240. The summed E-state index contributed by atoms with van der Waals surface area (Å²) in [5, 5.41) is 0.166. The lowest BCUT2D eigenvalue weighted by Crippen LogP contribution is -2.32. The van der Waals surface area contributed by atoms with E-state index in [4.69, 9.17) is 17.3 Å². The van der Waals surface area contributed by atoms with E-state index in [1.807, 2.05) is 0 Å². The van der Waals surface area contributed by atoms with Crippen molar-refractivity contribution in [2.24, 2.45) is 23.0 Å². The predicted molar refractivity (Wildman–Crippen MR) is 52.4 cm³/mol. The minimum absolute atomic E-state index is 0.0370. The van der Waals surface area contributed by atoms with Crippen molar-refractivity contribution in [2.45, 2.75) is 38.0 Å². The van der Waals surface area contributed by atoms with Gasteiger partial charge in [-0.1, -0.05) is 13.3 Å². The first-order chi connectivity index (χ1) is 6.04. The number of halogens is 1. The van der Waals surface area contributed by atoms with Crippen molar-refractivity contribution >= 4 is 17.5 Å². The van der Waals surface area contributed by atoms with Crippen molar-refractivity contribution in [3.8, 4) is 0 Å². The number of amides is 1. The van der Waals surface area contributed by atoms with Crippen molar-refractivity contribution in [2.75, 3.05) is 0 Å². The van der Waals surface area contributed by atoms with E-state index in [-0.39, 0.29) is 22.6 Å². The highest BCUT2D eigenvalue weighted by Gasteiger charge is 2.53. The summed E-state index contributed by atoms with van der Waals surface area (Å²) >= 11 is 6.35. The van der Waals surface area contributed by atoms with Crippen LogP contribution in [0.5, 0.6) is 0 Å². The molecule has 0 aromatic heterocycles. The summed E-state index contributed by atoms with van der Waals surface area (Å²) in [6.45, 7) is 2.19. The van der Waals surface area contributed by atoms with Gasteiger partial charge in [0, 0.05) is 11.3 Å². The van der Waals surface area contributed by atoms with Crippen LogP contribution in [-0.4, -0.2) is 11.3 Å². The monoisotopic (exact) mass is 201 g/mol. The average Bonchev–Trinajstić information content (AvgIpc) is 2.25. The third-order valence-electron chi connectivity index (χ3n) is 3.90. The Bertz CT molecular complexity index is 243. The SMILES string of the molecule is C[C@@]12CCC[C@@H]([C@H]1Cl)[C@H](C(N)=O)C2. The Balaban J connectivity index is 2.26. The van der Waals surface area contributed by atoms with Gasteiger partial charge in [-0.25, -0.2) is 0 Å². The number of hydrogen-bond donors (Lipinski definition) is 1. The standard InChI is InChI=1S/C10H16ClNO/c1-10-4-2-3-6(8(10)11)7(5-10)9(12)13/h6-8H,2-5H2,1H3,(H2,12,13)/t6-,7-,8-,10+/m1/s1. The summed E-state index contributed by atoms with van der Waals surface area (Å²) in [5.41, 5.74) is 5.55. The third kappa shape index (κ3) is 1.26. The molecule has 2 rings (SSSR count). The van der Waals surface area contributed by atoms with Crippen LogP contribution in [0.4, 0.5) is 0 Å². The molecule has 2 saturated carbocycles. The number of primary amides is 1. The molecule has 2 fully saturated rings. The topological polar surface area (TPSA) is 43.1 Å². The lowest BCUT2D eigenvalue weighted by molar-refractivity contribution is -0.122. The molecule has 2 nitrogen and oxygen atoms in total. The summed E-state index contributed by atoms with van der Waals surface area (Å²) in [4.78, 5) is 11.2. The van der Waals surface area contributed by atoms with Crippen LogP contribution >= 0.6 is 11.6 Å². The van der Waals surface area contributed by atoms with Gasteiger partial charge in [0.05, 0.1) is 0 Å². The number of alkyl halides is 1. The summed E-state index contributed by atoms with van der Waals surface area (Å²) in [6, 6.07) is 0. The maximum Gasteiger partial charge on any atom is 0.220 e. The van der Waals surface area contributed by atoms with E-state index < -0.39 is 0 Å². The first-order valence-electron chi connectivity index (χ1n) is 4.98. The van der Waals surface area contributed by atoms with Crippen molar-refractivity contribution in [1.82, 2.24) is 0 Å². The molecule has 3 heteroatoms. The van der Waals surface area contributed by atoms with Gasteiger partial charge in [-0.15, -0.1) is 11.6 Å². The highest BCUT2D eigenvalue weighted by atomic mass is 35.5. The number of rotatable bonds is 1. The zero-order valence-corrected chi connectivity index (χ0v) is 8.68. The van der Waals surface area contributed by atoms with Gasteiger partial charge in [-0.3, -0.25) is 4.79 Å². The van der Waals surface area contributed by atoms with E-state index in [0.717, 1.165) is 19.3 Å². The normalized spacial score (nSPS) is 49.2. The van der Waals surface area contributed by atoms with E-state index in [2.05, 4.69) is 6.92 Å². The minimum Gasteiger partial charge on any atom is -0.369 e. The average molecular weight is 202 g/mol. The predicted octanol–water partition coefficient (Wildman–Crippen LogP) is 1.91. The third-order valence-corrected chi connectivity index (χ3v) is 4.75. The molecule has 0 unspecified atom stereocenters. The fourth-order valence-corrected chi connectivity index (χ4v) is 3.63. The number of hydrogen-bond acceptors (Lipinski definition) is 1. The molecule has 0 aliphatic heterocycles. The van der Waals surface area contributed by atoms with Crippen LogP contribution in [-0.2, 0) is 4.79 Å². The molecule has 13 heavy (non-hydrogen) atoms. The summed E-state index contributed by atoms with van der Waals surface area (Å²) in [7, 11) is 0. The van der Waals surface area contributed by atoms with Crippen LogP contribution in [0, 0.1) is 17.3 Å². The molecular weight excluding hydrogens is 186 g/mol. The maximum absolute atomic E-state index is 11.2. The molecule has 74 valence electrons. The summed E-state index contributed by atoms with van der Waals surface area (Å²) < 4.78 is 0. The zero-order valence-electron chi connectivity index (χ0n) is 7.92. The van der Waals surface area contributed by atoms with Crippen LogP contribution in [0.2, 0.25) is 0 Å². The van der Waals surface area contributed by atoms with Gasteiger partial charge in [0.25, 0.3) is 0 Å². The lowest BCUT2D eigenvalue weighted by Gasteiger charge is -2.34. The Labute approximate surface area is 83.8 Å². The van der Waals surface area contributed by atoms with Crippen molar-refractivity contribution in [3.63, 3.8) is 0 Å². The second-order valence-electron chi connectivity index (χ2n) is 4.82. The fourth-order valence-electron chi connectivity index (χ4n) is 3.13. The first-order valence-corrected chi connectivity index (χ1v) is 5.42. The Morgan fingerprint density at radius 3 is 2.85 bits per heavy atom. The molecule has 0 saturated heterocycles. The molecular formula is C10H16ClNO. The highest BCUT2D eigenvalue weighted by Crippen LogP contribution is 2.56. The highest BCUT2D eigenvalue weighted by molar-refractivity contribution is 6.21. The van der Waals surface area contributed by atoms with Gasteiger partial charge in [0.1, 0.15) is 0 Å². The smallest absolute Gasteiger partial charge is 0.220 e. The van der Waals surface area contributed by atoms with Crippen molar-refractivity contribution < 1.29 is 4.79 Å². The lowest BCUT2D eigenvalue weighted by atomic mass is 9.77. The Morgan fingerprint density at radius 2 is 2.31 bits per heavy atom. The van der Waals surface area contributed by atoms with Gasteiger partial charge < -0.3 is 5.73 Å². The fraction of sp³-hybridized carbons (Fsp3) is 0.900. The number of carbonyl (C=O) groups is 1. The van der Waals surface area contributed by atoms with Crippen LogP contribution in [0.15, 0.2) is 0 Å². The molecule has 0 heterocycles. The first kappa shape index (κ1) is 9.32. The molecule has 0 spiro atoms. The molecule has 2 bridgehead atoms. The van der Waals surface area contributed by atoms with Crippen LogP contribution < -0.4 is 5.73 Å². The summed E-state index contributed by atoms with van der Waals surface area (Å²) in [6.07, 6.45) is 4.34. The van der Waals surface area contributed by atoms with E-state index in [0.29, 0.717) is 5.92 Å².